The van der Waals surface area contributed by atoms with Crippen LogP contribution >= 0.6 is 11.3 Å². The second-order valence-electron chi connectivity index (χ2n) is 6.75. The first kappa shape index (κ1) is 18.3. The van der Waals surface area contributed by atoms with Crippen molar-refractivity contribution >= 4 is 28.4 Å². The van der Waals surface area contributed by atoms with E-state index in [1.807, 2.05) is 66.6 Å². The molecule has 4 rings (SSSR count). The molecule has 0 bridgehead atoms. The number of anilines is 1. The lowest BCUT2D eigenvalue weighted by Crippen LogP contribution is -2.27. The Hall–Kier alpha value is -3.12. The van der Waals surface area contributed by atoms with Crippen molar-refractivity contribution in [2.24, 2.45) is 0 Å². The van der Waals surface area contributed by atoms with Crippen LogP contribution in [0.15, 0.2) is 53.6 Å². The quantitative estimate of drug-likeness (QED) is 0.641. The first-order chi connectivity index (χ1) is 13.5. The van der Waals surface area contributed by atoms with Crippen molar-refractivity contribution in [3.8, 4) is 17.0 Å². The lowest BCUT2D eigenvalue weighted by molar-refractivity contribution is 0.411. The van der Waals surface area contributed by atoms with Gasteiger partial charge in [0.15, 0.2) is 0 Å². The van der Waals surface area contributed by atoms with E-state index >= 15 is 0 Å². The maximum atomic E-state index is 10.6. The van der Waals surface area contributed by atoms with Gasteiger partial charge < -0.3 is 14.7 Å². The fraction of sp³-hybridized carbons (Fsp3) is 0.182. The number of methoxy groups -OCH3 is 1. The minimum atomic E-state index is 0.178. The molecule has 28 heavy (non-hydrogen) atoms. The third-order valence-electron chi connectivity index (χ3n) is 5.05. The second-order valence-corrected chi connectivity index (χ2v) is 7.60. The number of hydrogen-bond acceptors (Lipinski definition) is 5. The summed E-state index contributed by atoms with van der Waals surface area (Å²) >= 11 is 1.43. The molecule has 0 unspecified atom stereocenters. The summed E-state index contributed by atoms with van der Waals surface area (Å²) in [4.78, 5) is 6.52. The van der Waals surface area contributed by atoms with Gasteiger partial charge in [0.1, 0.15) is 22.4 Å². The zero-order chi connectivity index (χ0) is 19.8. The monoisotopic (exact) mass is 391 g/mol. The van der Waals surface area contributed by atoms with Crippen LogP contribution in [0, 0.1) is 19.3 Å². The number of benzene rings is 2. The van der Waals surface area contributed by atoms with Crippen LogP contribution in [-0.4, -0.2) is 29.6 Å². The minimum Gasteiger partial charge on any atom is -0.510 e. The Labute approximate surface area is 168 Å². The summed E-state index contributed by atoms with van der Waals surface area (Å²) in [6.07, 6.45) is 0. The van der Waals surface area contributed by atoms with Crippen LogP contribution in [0.4, 0.5) is 5.69 Å². The summed E-state index contributed by atoms with van der Waals surface area (Å²) in [5, 5.41) is 21.9. The first-order valence-corrected chi connectivity index (χ1v) is 9.82. The van der Waals surface area contributed by atoms with Gasteiger partial charge in [-0.2, -0.15) is 0 Å². The molecule has 1 aliphatic rings. The molecule has 0 saturated heterocycles. The van der Waals surface area contributed by atoms with Gasteiger partial charge in [0.2, 0.25) is 0 Å². The van der Waals surface area contributed by atoms with E-state index in [1.165, 1.54) is 11.3 Å². The van der Waals surface area contributed by atoms with Crippen LogP contribution in [0.25, 0.3) is 16.8 Å². The van der Waals surface area contributed by atoms with Gasteiger partial charge in [-0.1, -0.05) is 24.3 Å². The van der Waals surface area contributed by atoms with Crippen LogP contribution in [0.1, 0.15) is 16.1 Å². The molecule has 0 spiro atoms. The van der Waals surface area contributed by atoms with E-state index in [9.17, 15) is 5.11 Å². The third kappa shape index (κ3) is 3.05. The van der Waals surface area contributed by atoms with Crippen LogP contribution in [0.5, 0.6) is 5.75 Å². The first-order valence-electron chi connectivity index (χ1n) is 8.94. The Morgan fingerprint density at radius 3 is 2.75 bits per heavy atom. The van der Waals surface area contributed by atoms with Crippen LogP contribution < -0.4 is 9.64 Å². The van der Waals surface area contributed by atoms with Gasteiger partial charge in [0, 0.05) is 16.6 Å². The van der Waals surface area contributed by atoms with Gasteiger partial charge in [-0.3, -0.25) is 5.41 Å². The van der Waals surface area contributed by atoms with E-state index in [-0.39, 0.29) is 18.1 Å². The third-order valence-corrected chi connectivity index (χ3v) is 5.91. The number of amidine groups is 1. The fourth-order valence-electron chi connectivity index (χ4n) is 3.34. The Morgan fingerprint density at radius 1 is 1.18 bits per heavy atom. The number of ether oxygens (including phenoxy) is 1. The van der Waals surface area contributed by atoms with Crippen molar-refractivity contribution < 1.29 is 9.84 Å². The molecule has 6 heteroatoms. The molecule has 3 aromatic rings. The number of aryl methyl sites for hydroxylation is 1. The Bertz CT molecular complexity index is 1100. The van der Waals surface area contributed by atoms with Crippen LogP contribution in [0.3, 0.4) is 0 Å². The molecule has 0 atom stereocenters. The van der Waals surface area contributed by atoms with Crippen molar-refractivity contribution in [1.82, 2.24) is 4.98 Å². The van der Waals surface area contributed by atoms with E-state index in [0.29, 0.717) is 10.6 Å². The Kier molecular flexibility index (Phi) is 4.65. The number of aliphatic hydroxyl groups excluding tert-OH is 1. The highest BCUT2D eigenvalue weighted by Gasteiger charge is 2.32. The molecule has 142 valence electrons. The lowest BCUT2D eigenvalue weighted by Gasteiger charge is -2.21. The summed E-state index contributed by atoms with van der Waals surface area (Å²) in [7, 11) is 1.64. The normalized spacial score (nSPS) is 14.1. The maximum absolute atomic E-state index is 10.6. The number of nitrogens with zero attached hydrogens (tertiary/aromatic N) is 2. The molecular weight excluding hydrogens is 370 g/mol. The number of hydrogen-bond donors (Lipinski definition) is 2. The van der Waals surface area contributed by atoms with Crippen molar-refractivity contribution in [3.63, 3.8) is 0 Å². The number of nitrogens with one attached hydrogen (secondary N) is 1. The lowest BCUT2D eigenvalue weighted by atomic mass is 10.1. The molecule has 0 saturated carbocycles. The van der Waals surface area contributed by atoms with Crippen LogP contribution in [-0.2, 0) is 0 Å². The van der Waals surface area contributed by atoms with Gasteiger partial charge in [-0.15, -0.1) is 11.3 Å². The van der Waals surface area contributed by atoms with Gasteiger partial charge in [0.25, 0.3) is 0 Å². The average molecular weight is 391 g/mol. The van der Waals surface area contributed by atoms with Crippen molar-refractivity contribution in [2.75, 3.05) is 18.6 Å². The molecule has 5 nitrogen and oxygen atoms in total. The summed E-state index contributed by atoms with van der Waals surface area (Å²) in [6.45, 7) is 4.37. The minimum absolute atomic E-state index is 0.178. The topological polar surface area (TPSA) is 69.4 Å². The van der Waals surface area contributed by atoms with E-state index in [0.717, 1.165) is 33.8 Å². The van der Waals surface area contributed by atoms with E-state index < -0.39 is 0 Å². The van der Waals surface area contributed by atoms with Gasteiger partial charge in [0.05, 0.1) is 24.9 Å². The van der Waals surface area contributed by atoms with Crippen molar-refractivity contribution in [2.45, 2.75) is 13.8 Å². The summed E-state index contributed by atoms with van der Waals surface area (Å²) in [5.41, 5.74) is 5.46. The summed E-state index contributed by atoms with van der Waals surface area (Å²) < 4.78 is 5.29. The maximum Gasteiger partial charge on any atom is 0.139 e. The molecule has 2 N–H and O–H groups in total. The SMILES string of the molecule is COc1cccc(-c2csc(C3=C(O)CN(c4cccc(C)c4C)C3=N)n2)c1. The van der Waals surface area contributed by atoms with E-state index in [2.05, 4.69) is 4.98 Å². The molecule has 2 heterocycles. The molecule has 1 aromatic heterocycles. The number of rotatable bonds is 4. The molecule has 0 aliphatic carbocycles. The highest BCUT2D eigenvalue weighted by molar-refractivity contribution is 7.11. The standard InChI is InChI=1S/C22H21N3O2S/c1-13-6-4-9-18(14(13)2)25-11-19(26)20(21(25)23)22-24-17(12-28-22)15-7-5-8-16(10-15)27-3/h4-10,12,23,26H,11H2,1-3H3. The molecule has 2 aromatic carbocycles. The van der Waals surface area contributed by atoms with E-state index in [1.54, 1.807) is 7.11 Å². The average Bonchev–Trinajstić information content (AvgIpc) is 3.28. The number of aliphatic hydroxyl groups is 1. The summed E-state index contributed by atoms with van der Waals surface area (Å²) in [5.74, 6) is 1.22. The zero-order valence-corrected chi connectivity index (χ0v) is 16.8. The highest BCUT2D eigenvalue weighted by Crippen LogP contribution is 2.36. The number of thiazole rings is 1. The predicted octanol–water partition coefficient (Wildman–Crippen LogP) is 5.20. The van der Waals surface area contributed by atoms with E-state index in [4.69, 9.17) is 10.1 Å². The summed E-state index contributed by atoms with van der Waals surface area (Å²) in [6, 6.07) is 13.7. The molecule has 1 aliphatic heterocycles. The van der Waals surface area contributed by atoms with Crippen molar-refractivity contribution in [3.05, 3.63) is 69.7 Å². The highest BCUT2D eigenvalue weighted by atomic mass is 32.1. The van der Waals surface area contributed by atoms with Gasteiger partial charge in [-0.05, 0) is 43.2 Å². The molecule has 0 radical (unpaired) electrons. The zero-order valence-electron chi connectivity index (χ0n) is 16.0. The second kappa shape index (κ2) is 7.13. The number of aromatic nitrogens is 1. The Balaban J connectivity index is 1.66. The fourth-order valence-corrected chi connectivity index (χ4v) is 4.24. The largest absolute Gasteiger partial charge is 0.510 e. The molecule has 0 amide bonds. The van der Waals surface area contributed by atoms with Crippen molar-refractivity contribution in [1.29, 1.82) is 5.41 Å². The Morgan fingerprint density at radius 2 is 1.96 bits per heavy atom. The molecular formula is C22H21N3O2S. The van der Waals surface area contributed by atoms with Gasteiger partial charge >= 0.3 is 0 Å². The van der Waals surface area contributed by atoms with Crippen LogP contribution in [0.2, 0.25) is 0 Å². The predicted molar refractivity (Wildman–Crippen MR) is 115 cm³/mol. The molecule has 0 fully saturated rings. The smallest absolute Gasteiger partial charge is 0.139 e. The van der Waals surface area contributed by atoms with Gasteiger partial charge in [-0.25, -0.2) is 4.98 Å².